The predicted molar refractivity (Wildman–Crippen MR) is 123 cm³/mol. The summed E-state index contributed by atoms with van der Waals surface area (Å²) in [7, 11) is 0. The SMILES string of the molecule is C=C(C)/C(F)=C(/F)C(=C)C(C)CCC(C)COc1ccc(C2CCC(C)CC2)c(F)c1F. The highest BCUT2D eigenvalue weighted by Crippen LogP contribution is 2.38. The molecule has 5 heteroatoms. The number of halogens is 4. The molecule has 0 aromatic heterocycles. The van der Waals surface area contributed by atoms with Crippen molar-refractivity contribution in [2.45, 2.75) is 72.1 Å². The summed E-state index contributed by atoms with van der Waals surface area (Å²) in [6.45, 7) is 14.6. The fourth-order valence-electron chi connectivity index (χ4n) is 4.11. The maximum atomic E-state index is 14.7. The lowest BCUT2D eigenvalue weighted by molar-refractivity contribution is 0.233. The van der Waals surface area contributed by atoms with E-state index in [1.165, 1.54) is 13.0 Å². The molecule has 1 aliphatic carbocycles. The maximum Gasteiger partial charge on any atom is 0.200 e. The molecule has 0 bridgehead atoms. The average Bonchev–Trinajstić information content (AvgIpc) is 2.77. The van der Waals surface area contributed by atoms with Gasteiger partial charge in [-0.25, -0.2) is 13.2 Å². The normalized spacial score (nSPS) is 21.5. The third kappa shape index (κ3) is 6.73. The minimum Gasteiger partial charge on any atom is -0.490 e. The van der Waals surface area contributed by atoms with Gasteiger partial charge in [-0.05, 0) is 79.1 Å². The first-order valence-corrected chi connectivity index (χ1v) is 11.5. The highest BCUT2D eigenvalue weighted by Gasteiger charge is 2.25. The van der Waals surface area contributed by atoms with Crippen LogP contribution in [0.5, 0.6) is 5.75 Å². The van der Waals surface area contributed by atoms with E-state index in [-0.39, 0.29) is 41.3 Å². The Kier molecular flexibility index (Phi) is 9.60. The van der Waals surface area contributed by atoms with Gasteiger partial charge in [0.15, 0.2) is 23.2 Å². The molecule has 2 rings (SSSR count). The van der Waals surface area contributed by atoms with Gasteiger partial charge in [0, 0.05) is 0 Å². The van der Waals surface area contributed by atoms with Gasteiger partial charge in [-0.3, -0.25) is 0 Å². The quantitative estimate of drug-likeness (QED) is 0.254. The molecule has 1 aromatic rings. The molecule has 1 aromatic carbocycles. The Bertz CT molecular complexity index is 849. The van der Waals surface area contributed by atoms with Crippen molar-refractivity contribution in [3.8, 4) is 5.75 Å². The van der Waals surface area contributed by atoms with Gasteiger partial charge in [0.05, 0.1) is 6.61 Å². The molecule has 32 heavy (non-hydrogen) atoms. The number of hydrogen-bond acceptors (Lipinski definition) is 1. The lowest BCUT2D eigenvalue weighted by Crippen LogP contribution is -2.14. The van der Waals surface area contributed by atoms with E-state index in [4.69, 9.17) is 4.74 Å². The number of hydrogen-bond donors (Lipinski definition) is 0. The molecule has 0 aliphatic heterocycles. The first-order chi connectivity index (χ1) is 15.0. The Morgan fingerprint density at radius 3 is 2.22 bits per heavy atom. The first-order valence-electron chi connectivity index (χ1n) is 11.5. The minimum atomic E-state index is -0.970. The smallest absolute Gasteiger partial charge is 0.200 e. The van der Waals surface area contributed by atoms with Crippen LogP contribution >= 0.6 is 0 Å². The molecule has 178 valence electrons. The van der Waals surface area contributed by atoms with Gasteiger partial charge >= 0.3 is 0 Å². The topological polar surface area (TPSA) is 9.23 Å². The maximum absolute atomic E-state index is 14.7. The zero-order valence-electron chi connectivity index (χ0n) is 19.7. The van der Waals surface area contributed by atoms with Crippen LogP contribution in [0.1, 0.15) is 77.7 Å². The molecule has 0 N–H and O–H groups in total. The Morgan fingerprint density at radius 1 is 1.00 bits per heavy atom. The van der Waals surface area contributed by atoms with Crippen LogP contribution in [0.4, 0.5) is 17.6 Å². The average molecular weight is 453 g/mol. The Hall–Kier alpha value is -2.04. The molecule has 1 nitrogen and oxygen atoms in total. The van der Waals surface area contributed by atoms with Crippen LogP contribution in [-0.2, 0) is 0 Å². The summed E-state index contributed by atoms with van der Waals surface area (Å²) in [6.07, 6.45) is 5.03. The van der Waals surface area contributed by atoms with Gasteiger partial charge < -0.3 is 4.74 Å². The van der Waals surface area contributed by atoms with E-state index in [0.717, 1.165) is 25.7 Å². The summed E-state index contributed by atoms with van der Waals surface area (Å²) in [5.41, 5.74) is 0.564. The molecule has 2 atom stereocenters. The van der Waals surface area contributed by atoms with Crippen molar-refractivity contribution in [3.05, 3.63) is 65.3 Å². The second-order valence-corrected chi connectivity index (χ2v) is 9.57. The van der Waals surface area contributed by atoms with Gasteiger partial charge in [-0.15, -0.1) is 0 Å². The molecule has 0 amide bonds. The lowest BCUT2D eigenvalue weighted by atomic mass is 9.79. The number of rotatable bonds is 10. The van der Waals surface area contributed by atoms with Crippen molar-refractivity contribution >= 4 is 0 Å². The zero-order valence-corrected chi connectivity index (χ0v) is 19.7. The number of allylic oxidation sites excluding steroid dienone is 4. The Morgan fingerprint density at radius 2 is 1.62 bits per heavy atom. The third-order valence-electron chi connectivity index (χ3n) is 6.59. The number of benzene rings is 1. The zero-order chi connectivity index (χ0) is 24.0. The Labute approximate surface area is 190 Å². The fourth-order valence-corrected chi connectivity index (χ4v) is 4.11. The molecule has 1 aliphatic rings. The van der Waals surface area contributed by atoms with Crippen LogP contribution in [0, 0.1) is 29.4 Å². The van der Waals surface area contributed by atoms with Gasteiger partial charge in [-0.2, -0.15) is 4.39 Å². The predicted octanol–water partition coefficient (Wildman–Crippen LogP) is 8.97. The highest BCUT2D eigenvalue weighted by molar-refractivity contribution is 5.35. The van der Waals surface area contributed by atoms with Crippen molar-refractivity contribution in [2.24, 2.45) is 17.8 Å². The van der Waals surface area contributed by atoms with Gasteiger partial charge in [0.2, 0.25) is 5.82 Å². The molecule has 0 spiro atoms. The van der Waals surface area contributed by atoms with Crippen molar-refractivity contribution in [3.63, 3.8) is 0 Å². The van der Waals surface area contributed by atoms with E-state index in [1.807, 2.05) is 6.92 Å². The summed E-state index contributed by atoms with van der Waals surface area (Å²) >= 11 is 0. The van der Waals surface area contributed by atoms with E-state index in [9.17, 15) is 17.6 Å². The first kappa shape index (κ1) is 26.2. The van der Waals surface area contributed by atoms with E-state index < -0.39 is 23.3 Å². The summed E-state index contributed by atoms with van der Waals surface area (Å²) in [4.78, 5) is 0. The third-order valence-corrected chi connectivity index (χ3v) is 6.59. The molecule has 0 radical (unpaired) electrons. The molecule has 1 saturated carbocycles. The minimum absolute atomic E-state index is 0.0187. The highest BCUT2D eigenvalue weighted by atomic mass is 19.2. The largest absolute Gasteiger partial charge is 0.490 e. The number of ether oxygens (including phenoxy) is 1. The fraction of sp³-hybridized carbons (Fsp3) is 0.556. The summed E-state index contributed by atoms with van der Waals surface area (Å²) < 4.78 is 62.6. The molecular weight excluding hydrogens is 416 g/mol. The molecular formula is C27H36F4O. The van der Waals surface area contributed by atoms with Crippen LogP contribution in [0.2, 0.25) is 0 Å². The molecule has 1 fully saturated rings. The second kappa shape index (κ2) is 11.7. The standard InChI is InChI=1S/C27H36F4O/c1-16(2)24(28)25(29)20(6)19(5)10-7-18(4)15-32-23-14-13-22(26(30)27(23)31)21-11-8-17(3)9-12-21/h13-14,17-19,21H,1,6-12,15H2,2-5H3/b25-24-. The van der Waals surface area contributed by atoms with Crippen molar-refractivity contribution in [2.75, 3.05) is 6.61 Å². The van der Waals surface area contributed by atoms with Crippen LogP contribution in [0.15, 0.2) is 48.1 Å². The molecule has 2 unspecified atom stereocenters. The Balaban J connectivity index is 1.89. The molecule has 0 saturated heterocycles. The van der Waals surface area contributed by atoms with E-state index >= 15 is 0 Å². The van der Waals surface area contributed by atoms with Crippen LogP contribution in [0.25, 0.3) is 0 Å². The lowest BCUT2D eigenvalue weighted by Gasteiger charge is -2.27. The van der Waals surface area contributed by atoms with E-state index in [0.29, 0.717) is 24.3 Å². The van der Waals surface area contributed by atoms with Crippen LogP contribution in [0.3, 0.4) is 0 Å². The van der Waals surface area contributed by atoms with Gasteiger partial charge in [0.25, 0.3) is 0 Å². The van der Waals surface area contributed by atoms with Crippen LogP contribution < -0.4 is 4.74 Å². The molecule has 0 heterocycles. The van der Waals surface area contributed by atoms with Crippen LogP contribution in [-0.4, -0.2) is 6.61 Å². The second-order valence-electron chi connectivity index (χ2n) is 9.57. The summed E-state index contributed by atoms with van der Waals surface area (Å²) in [6, 6.07) is 3.17. The summed E-state index contributed by atoms with van der Waals surface area (Å²) in [5.74, 6) is -3.30. The van der Waals surface area contributed by atoms with Gasteiger partial charge in [0.1, 0.15) is 0 Å². The van der Waals surface area contributed by atoms with E-state index in [1.54, 1.807) is 13.0 Å². The van der Waals surface area contributed by atoms with Crippen molar-refractivity contribution in [1.29, 1.82) is 0 Å². The van der Waals surface area contributed by atoms with Crippen molar-refractivity contribution < 1.29 is 22.3 Å². The van der Waals surface area contributed by atoms with E-state index in [2.05, 4.69) is 20.1 Å². The van der Waals surface area contributed by atoms with Gasteiger partial charge in [-0.1, -0.05) is 52.8 Å². The monoisotopic (exact) mass is 452 g/mol. The summed E-state index contributed by atoms with van der Waals surface area (Å²) in [5, 5.41) is 0. The van der Waals surface area contributed by atoms with Crippen molar-refractivity contribution in [1.82, 2.24) is 0 Å².